The molecule has 31 heavy (non-hydrogen) atoms. The number of hydrogen-bond donors (Lipinski definition) is 8. The number of aliphatic carboxylic acids is 3. The van der Waals surface area contributed by atoms with Crippen molar-refractivity contribution in [2.75, 3.05) is 13.1 Å². The van der Waals surface area contributed by atoms with Gasteiger partial charge >= 0.3 is 17.9 Å². The van der Waals surface area contributed by atoms with Crippen molar-refractivity contribution in [2.45, 2.75) is 56.7 Å². The summed E-state index contributed by atoms with van der Waals surface area (Å²) in [6.45, 7) is -0.292. The minimum atomic E-state index is -1.70. The van der Waals surface area contributed by atoms with Crippen LogP contribution in [0, 0.1) is 0 Å². The summed E-state index contributed by atoms with van der Waals surface area (Å²) >= 11 is 0. The number of carbonyl (C=O) groups excluding carboxylic acids is 3. The molecule has 3 unspecified atom stereocenters. The molecule has 3 atom stereocenters. The maximum absolute atomic E-state index is 12.3. The van der Waals surface area contributed by atoms with Gasteiger partial charge in [-0.3, -0.25) is 24.0 Å². The minimum absolute atomic E-state index is 0.277. The van der Waals surface area contributed by atoms with E-state index in [1.54, 1.807) is 0 Å². The van der Waals surface area contributed by atoms with Crippen LogP contribution in [0.15, 0.2) is 0 Å². The zero-order valence-corrected chi connectivity index (χ0v) is 16.8. The fraction of sp³-hybridized carbons (Fsp3) is 0.647. The first kappa shape index (κ1) is 27.7. The average Bonchev–Trinajstić information content (AvgIpc) is 2.68. The van der Waals surface area contributed by atoms with Crippen LogP contribution in [0.25, 0.3) is 0 Å². The molecule has 0 rings (SSSR count). The van der Waals surface area contributed by atoms with Crippen molar-refractivity contribution < 1.29 is 44.1 Å². The van der Waals surface area contributed by atoms with Crippen LogP contribution in [0.5, 0.6) is 0 Å². The molecule has 0 spiro atoms. The molecule has 0 heterocycles. The maximum atomic E-state index is 12.3. The number of unbranched alkanes of at least 4 members (excludes halogenated alkanes) is 1. The van der Waals surface area contributed by atoms with Crippen LogP contribution >= 0.6 is 0 Å². The van der Waals surface area contributed by atoms with Crippen LogP contribution in [0.4, 0.5) is 0 Å². The topological polar surface area (TPSA) is 251 Å². The van der Waals surface area contributed by atoms with Crippen molar-refractivity contribution in [3.63, 3.8) is 0 Å². The Hall–Kier alpha value is -3.26. The van der Waals surface area contributed by atoms with Crippen LogP contribution in [-0.2, 0) is 28.8 Å². The molecule has 0 aromatic rings. The molecule has 0 aromatic carbocycles. The normalized spacial score (nSPS) is 13.4. The van der Waals surface area contributed by atoms with Gasteiger partial charge in [0.2, 0.25) is 17.7 Å². The van der Waals surface area contributed by atoms with E-state index < -0.39 is 73.1 Å². The van der Waals surface area contributed by atoms with Crippen molar-refractivity contribution in [3.8, 4) is 0 Å². The maximum Gasteiger partial charge on any atom is 0.326 e. The zero-order chi connectivity index (χ0) is 24.0. The van der Waals surface area contributed by atoms with E-state index in [1.807, 2.05) is 5.32 Å². The molecule has 14 heteroatoms. The Morgan fingerprint density at radius 2 is 1.45 bits per heavy atom. The molecule has 10 N–H and O–H groups in total. The van der Waals surface area contributed by atoms with E-state index in [2.05, 4.69) is 10.6 Å². The molecule has 0 fully saturated rings. The third-order valence-corrected chi connectivity index (χ3v) is 4.02. The summed E-state index contributed by atoms with van der Waals surface area (Å²) in [5.74, 6) is -6.78. The predicted octanol–water partition coefficient (Wildman–Crippen LogP) is -3.05. The summed E-state index contributed by atoms with van der Waals surface area (Å²) in [7, 11) is 0. The van der Waals surface area contributed by atoms with E-state index in [-0.39, 0.29) is 6.42 Å². The van der Waals surface area contributed by atoms with Gasteiger partial charge in [-0.25, -0.2) is 4.79 Å². The standard InChI is InChI=1S/C17H29N5O9/c18-6-2-1-3-9(19)15(28)22-10(4-5-13(24)25)16(29)20-8-12(23)21-11(17(30)31)7-14(26)27/h9-11H,1-8,18-19H2,(H,20,29)(H,21,23)(H,22,28)(H,24,25)(H,26,27)(H,30,31). The van der Waals surface area contributed by atoms with Gasteiger partial charge in [0.25, 0.3) is 0 Å². The highest BCUT2D eigenvalue weighted by Gasteiger charge is 2.26. The number of carbonyl (C=O) groups is 6. The third-order valence-electron chi connectivity index (χ3n) is 4.02. The Morgan fingerprint density at radius 1 is 0.806 bits per heavy atom. The van der Waals surface area contributed by atoms with E-state index in [0.717, 1.165) is 0 Å². The lowest BCUT2D eigenvalue weighted by atomic mass is 10.1. The van der Waals surface area contributed by atoms with Crippen LogP contribution in [-0.4, -0.2) is 82.2 Å². The summed E-state index contributed by atoms with van der Waals surface area (Å²) < 4.78 is 0. The van der Waals surface area contributed by atoms with Crippen LogP contribution in [0.3, 0.4) is 0 Å². The number of amides is 3. The molecular weight excluding hydrogens is 418 g/mol. The van der Waals surface area contributed by atoms with Gasteiger partial charge in [0.1, 0.15) is 12.1 Å². The summed E-state index contributed by atoms with van der Waals surface area (Å²) in [4.78, 5) is 68.7. The number of carboxylic acid groups (broad SMARTS) is 3. The smallest absolute Gasteiger partial charge is 0.326 e. The monoisotopic (exact) mass is 447 g/mol. The van der Waals surface area contributed by atoms with Crippen LogP contribution in [0.2, 0.25) is 0 Å². The van der Waals surface area contributed by atoms with Crippen molar-refractivity contribution in [1.82, 2.24) is 16.0 Å². The SMILES string of the molecule is NCCCCC(N)C(=O)NC(CCC(=O)O)C(=O)NCC(=O)NC(CC(=O)O)C(=O)O. The second-order valence-electron chi connectivity index (χ2n) is 6.66. The molecule has 0 bridgehead atoms. The van der Waals surface area contributed by atoms with Gasteiger partial charge < -0.3 is 42.7 Å². The van der Waals surface area contributed by atoms with E-state index in [9.17, 15) is 28.8 Å². The number of rotatable bonds is 16. The summed E-state index contributed by atoms with van der Waals surface area (Å²) in [5, 5.41) is 32.8. The van der Waals surface area contributed by atoms with E-state index in [1.165, 1.54) is 0 Å². The molecule has 0 aliphatic carbocycles. The minimum Gasteiger partial charge on any atom is -0.481 e. The van der Waals surface area contributed by atoms with Gasteiger partial charge in [-0.2, -0.15) is 0 Å². The second kappa shape index (κ2) is 14.7. The van der Waals surface area contributed by atoms with Crippen molar-refractivity contribution in [3.05, 3.63) is 0 Å². The van der Waals surface area contributed by atoms with Crippen LogP contribution in [0.1, 0.15) is 38.5 Å². The summed E-state index contributed by atoms with van der Waals surface area (Å²) in [6, 6.07) is -3.94. The first-order valence-corrected chi connectivity index (χ1v) is 9.47. The van der Waals surface area contributed by atoms with E-state index >= 15 is 0 Å². The molecule has 0 aliphatic rings. The highest BCUT2D eigenvalue weighted by Crippen LogP contribution is 2.02. The third kappa shape index (κ3) is 12.8. The molecule has 0 radical (unpaired) electrons. The largest absolute Gasteiger partial charge is 0.481 e. The van der Waals surface area contributed by atoms with Gasteiger partial charge in [-0.05, 0) is 25.8 Å². The van der Waals surface area contributed by atoms with Crippen LogP contribution < -0.4 is 27.4 Å². The lowest BCUT2D eigenvalue weighted by Crippen LogP contribution is -2.53. The lowest BCUT2D eigenvalue weighted by molar-refractivity contribution is -0.147. The van der Waals surface area contributed by atoms with Crippen molar-refractivity contribution in [1.29, 1.82) is 0 Å². The molecule has 14 nitrogen and oxygen atoms in total. The van der Waals surface area contributed by atoms with E-state index in [0.29, 0.717) is 25.8 Å². The molecule has 0 saturated heterocycles. The van der Waals surface area contributed by atoms with Gasteiger partial charge in [-0.1, -0.05) is 6.42 Å². The highest BCUT2D eigenvalue weighted by molar-refractivity contribution is 5.93. The summed E-state index contributed by atoms with van der Waals surface area (Å²) in [6.07, 6.45) is -0.0583. The number of nitrogens with two attached hydrogens (primary N) is 2. The Labute approximate surface area is 177 Å². The molecule has 0 aromatic heterocycles. The summed E-state index contributed by atoms with van der Waals surface area (Å²) in [5.41, 5.74) is 11.1. The fourth-order valence-electron chi connectivity index (χ4n) is 2.37. The fourth-order valence-corrected chi connectivity index (χ4v) is 2.37. The quantitative estimate of drug-likeness (QED) is 0.110. The second-order valence-corrected chi connectivity index (χ2v) is 6.66. The number of nitrogens with one attached hydrogen (secondary N) is 3. The lowest BCUT2D eigenvalue weighted by Gasteiger charge is -2.20. The Balaban J connectivity index is 4.87. The van der Waals surface area contributed by atoms with Crippen molar-refractivity contribution >= 4 is 35.6 Å². The first-order chi connectivity index (χ1) is 14.5. The number of carboxylic acids is 3. The molecule has 3 amide bonds. The molecular formula is C17H29N5O9. The molecule has 0 saturated carbocycles. The van der Waals surface area contributed by atoms with Gasteiger partial charge in [-0.15, -0.1) is 0 Å². The predicted molar refractivity (Wildman–Crippen MR) is 105 cm³/mol. The highest BCUT2D eigenvalue weighted by atomic mass is 16.4. The van der Waals surface area contributed by atoms with Gasteiger partial charge in [0.15, 0.2) is 0 Å². The molecule has 176 valence electrons. The van der Waals surface area contributed by atoms with Gasteiger partial charge in [0, 0.05) is 6.42 Å². The Morgan fingerprint density at radius 3 is 1.97 bits per heavy atom. The van der Waals surface area contributed by atoms with E-state index in [4.69, 9.17) is 26.8 Å². The Kier molecular flexibility index (Phi) is 13.1. The Bertz CT molecular complexity index is 670. The zero-order valence-electron chi connectivity index (χ0n) is 16.8. The van der Waals surface area contributed by atoms with Crippen molar-refractivity contribution in [2.24, 2.45) is 11.5 Å². The molecule has 0 aliphatic heterocycles. The van der Waals surface area contributed by atoms with Gasteiger partial charge in [0.05, 0.1) is 19.0 Å². The average molecular weight is 447 g/mol. The number of hydrogen-bond acceptors (Lipinski definition) is 8. The first-order valence-electron chi connectivity index (χ1n) is 9.47.